The fourth-order valence-corrected chi connectivity index (χ4v) is 3.03. The molecule has 5 nitrogen and oxygen atoms in total. The van der Waals surface area contributed by atoms with E-state index in [0.29, 0.717) is 11.9 Å². The molecule has 2 N–H and O–H groups in total. The highest BCUT2D eigenvalue weighted by Gasteiger charge is 2.24. The van der Waals surface area contributed by atoms with Crippen molar-refractivity contribution in [3.8, 4) is 0 Å². The molecule has 3 rings (SSSR count). The number of hydrogen-bond donors (Lipinski definition) is 2. The number of carboxylic acids is 1. The van der Waals surface area contributed by atoms with E-state index in [0.717, 1.165) is 26.1 Å². The number of hydrogen-bond acceptors (Lipinski definition) is 4. The summed E-state index contributed by atoms with van der Waals surface area (Å²) in [6, 6.07) is 16.0. The highest BCUT2D eigenvalue weighted by Crippen LogP contribution is 2.20. The molecule has 1 aromatic carbocycles. The van der Waals surface area contributed by atoms with Crippen LogP contribution in [0.1, 0.15) is 28.9 Å². The van der Waals surface area contributed by atoms with E-state index in [2.05, 4.69) is 39.5 Å². The second-order valence-corrected chi connectivity index (χ2v) is 5.85. The number of pyridine rings is 1. The molecule has 0 bridgehead atoms. The van der Waals surface area contributed by atoms with Crippen molar-refractivity contribution in [1.29, 1.82) is 0 Å². The monoisotopic (exact) mass is 311 g/mol. The summed E-state index contributed by atoms with van der Waals surface area (Å²) in [5, 5.41) is 12.3. The number of aromatic nitrogens is 1. The van der Waals surface area contributed by atoms with Gasteiger partial charge >= 0.3 is 5.97 Å². The van der Waals surface area contributed by atoms with Crippen molar-refractivity contribution in [2.24, 2.45) is 0 Å². The van der Waals surface area contributed by atoms with E-state index in [1.54, 1.807) is 6.07 Å². The normalized spacial score (nSPS) is 18.0. The number of carbonyl (C=O) groups is 1. The molecule has 5 heteroatoms. The van der Waals surface area contributed by atoms with Crippen LogP contribution >= 0.6 is 0 Å². The molecule has 1 aliphatic heterocycles. The Labute approximate surface area is 136 Å². The van der Waals surface area contributed by atoms with Gasteiger partial charge < -0.3 is 10.4 Å². The van der Waals surface area contributed by atoms with Crippen LogP contribution in [0.2, 0.25) is 0 Å². The van der Waals surface area contributed by atoms with Crippen molar-refractivity contribution >= 4 is 11.8 Å². The lowest BCUT2D eigenvalue weighted by molar-refractivity contribution is 0.0690. The molecular weight excluding hydrogens is 290 g/mol. The predicted molar refractivity (Wildman–Crippen MR) is 89.6 cm³/mol. The van der Waals surface area contributed by atoms with Gasteiger partial charge in [0.1, 0.15) is 5.82 Å². The van der Waals surface area contributed by atoms with Crippen LogP contribution in [-0.4, -0.2) is 40.1 Å². The molecule has 1 fully saturated rings. The Morgan fingerprint density at radius 3 is 2.83 bits per heavy atom. The largest absolute Gasteiger partial charge is 0.477 e. The van der Waals surface area contributed by atoms with Crippen molar-refractivity contribution in [1.82, 2.24) is 9.88 Å². The predicted octanol–water partition coefficient (Wildman–Crippen LogP) is 2.86. The quantitative estimate of drug-likeness (QED) is 0.859. The van der Waals surface area contributed by atoms with Crippen molar-refractivity contribution < 1.29 is 9.90 Å². The molecule has 120 valence electrons. The standard InChI is InChI=1S/C18H21N3O2/c22-18(23)16-9-4-10-17(20-16)19-12-15-8-5-11-21(15)13-14-6-2-1-3-7-14/h1-4,6-7,9-10,15H,5,8,11-13H2,(H,19,20)(H,22,23). The Bertz CT molecular complexity index is 660. The lowest BCUT2D eigenvalue weighted by atomic mass is 10.2. The Morgan fingerprint density at radius 1 is 1.22 bits per heavy atom. The molecule has 1 unspecified atom stereocenters. The number of nitrogens with zero attached hydrogens (tertiary/aromatic N) is 2. The Kier molecular flexibility index (Phi) is 4.88. The molecule has 2 heterocycles. The second-order valence-electron chi connectivity index (χ2n) is 5.85. The van der Waals surface area contributed by atoms with Gasteiger partial charge in [-0.25, -0.2) is 9.78 Å². The zero-order valence-corrected chi connectivity index (χ0v) is 13.0. The number of likely N-dealkylation sites (tertiary alicyclic amines) is 1. The third-order valence-corrected chi connectivity index (χ3v) is 4.21. The van der Waals surface area contributed by atoms with E-state index in [1.165, 1.54) is 18.1 Å². The van der Waals surface area contributed by atoms with Crippen LogP contribution in [0.5, 0.6) is 0 Å². The summed E-state index contributed by atoms with van der Waals surface area (Å²) in [6.45, 7) is 2.84. The van der Waals surface area contributed by atoms with Crippen LogP contribution in [0.4, 0.5) is 5.82 Å². The van der Waals surface area contributed by atoms with E-state index >= 15 is 0 Å². The van der Waals surface area contributed by atoms with E-state index < -0.39 is 5.97 Å². The number of anilines is 1. The van der Waals surface area contributed by atoms with Crippen molar-refractivity contribution in [3.05, 3.63) is 59.8 Å². The van der Waals surface area contributed by atoms with Crippen LogP contribution in [0.25, 0.3) is 0 Å². The molecule has 0 aliphatic carbocycles. The lowest BCUT2D eigenvalue weighted by Crippen LogP contribution is -2.34. The fourth-order valence-electron chi connectivity index (χ4n) is 3.03. The summed E-state index contributed by atoms with van der Waals surface area (Å²) in [6.07, 6.45) is 2.35. The highest BCUT2D eigenvalue weighted by molar-refractivity contribution is 5.85. The molecule has 2 aromatic rings. The maximum Gasteiger partial charge on any atom is 0.354 e. The molecule has 1 atom stereocenters. The Hall–Kier alpha value is -2.40. The summed E-state index contributed by atoms with van der Waals surface area (Å²) < 4.78 is 0. The van der Waals surface area contributed by atoms with Crippen LogP contribution < -0.4 is 5.32 Å². The van der Waals surface area contributed by atoms with E-state index in [-0.39, 0.29) is 5.69 Å². The summed E-state index contributed by atoms with van der Waals surface area (Å²) in [5.74, 6) is -0.378. The third-order valence-electron chi connectivity index (χ3n) is 4.21. The molecule has 1 aliphatic rings. The number of nitrogens with one attached hydrogen (secondary N) is 1. The number of benzene rings is 1. The average Bonchev–Trinajstić information content (AvgIpc) is 3.01. The zero-order valence-electron chi connectivity index (χ0n) is 13.0. The molecule has 0 amide bonds. The molecule has 0 saturated carbocycles. The van der Waals surface area contributed by atoms with E-state index in [4.69, 9.17) is 5.11 Å². The Morgan fingerprint density at radius 2 is 2.04 bits per heavy atom. The summed E-state index contributed by atoms with van der Waals surface area (Å²) >= 11 is 0. The first kappa shape index (κ1) is 15.5. The summed E-state index contributed by atoms with van der Waals surface area (Å²) in [5.41, 5.74) is 1.40. The van der Waals surface area contributed by atoms with Gasteiger partial charge in [-0.05, 0) is 37.1 Å². The second kappa shape index (κ2) is 7.24. The molecule has 1 saturated heterocycles. The topological polar surface area (TPSA) is 65.5 Å². The molecule has 23 heavy (non-hydrogen) atoms. The highest BCUT2D eigenvalue weighted by atomic mass is 16.4. The van der Waals surface area contributed by atoms with Gasteiger partial charge in [0, 0.05) is 19.1 Å². The van der Waals surface area contributed by atoms with E-state index in [9.17, 15) is 4.79 Å². The minimum Gasteiger partial charge on any atom is -0.477 e. The number of aromatic carboxylic acids is 1. The van der Waals surface area contributed by atoms with Gasteiger partial charge in [0.05, 0.1) is 0 Å². The summed E-state index contributed by atoms with van der Waals surface area (Å²) in [7, 11) is 0. The van der Waals surface area contributed by atoms with Gasteiger partial charge in [0.25, 0.3) is 0 Å². The number of rotatable bonds is 6. The smallest absolute Gasteiger partial charge is 0.354 e. The number of carboxylic acid groups (broad SMARTS) is 1. The van der Waals surface area contributed by atoms with E-state index in [1.807, 2.05) is 12.1 Å². The van der Waals surface area contributed by atoms with Crippen molar-refractivity contribution in [2.75, 3.05) is 18.4 Å². The molecular formula is C18H21N3O2. The third kappa shape index (κ3) is 4.07. The van der Waals surface area contributed by atoms with Crippen molar-refractivity contribution in [3.63, 3.8) is 0 Å². The minimum atomic E-state index is -1.000. The molecule has 0 radical (unpaired) electrons. The molecule has 1 aromatic heterocycles. The fraction of sp³-hybridized carbons (Fsp3) is 0.333. The average molecular weight is 311 g/mol. The first-order valence-electron chi connectivity index (χ1n) is 7.94. The van der Waals surface area contributed by atoms with Gasteiger partial charge in [0.2, 0.25) is 0 Å². The Balaban J connectivity index is 1.58. The first-order chi connectivity index (χ1) is 11.2. The minimum absolute atomic E-state index is 0.0718. The maximum atomic E-state index is 11.0. The lowest BCUT2D eigenvalue weighted by Gasteiger charge is -2.25. The van der Waals surface area contributed by atoms with Crippen LogP contribution in [0.15, 0.2) is 48.5 Å². The van der Waals surface area contributed by atoms with Gasteiger partial charge in [-0.2, -0.15) is 0 Å². The van der Waals surface area contributed by atoms with Crippen LogP contribution in [0, 0.1) is 0 Å². The maximum absolute atomic E-state index is 11.0. The van der Waals surface area contributed by atoms with Gasteiger partial charge in [0.15, 0.2) is 5.69 Å². The van der Waals surface area contributed by atoms with Gasteiger partial charge in [-0.15, -0.1) is 0 Å². The van der Waals surface area contributed by atoms with Crippen molar-refractivity contribution in [2.45, 2.75) is 25.4 Å². The SMILES string of the molecule is O=C(O)c1cccc(NCC2CCCN2Cc2ccccc2)n1. The first-order valence-corrected chi connectivity index (χ1v) is 7.94. The zero-order chi connectivity index (χ0) is 16.1. The van der Waals surface area contributed by atoms with Crippen LogP contribution in [0.3, 0.4) is 0 Å². The molecule has 0 spiro atoms. The summed E-state index contributed by atoms with van der Waals surface area (Å²) in [4.78, 5) is 17.6. The van der Waals surface area contributed by atoms with Gasteiger partial charge in [-0.1, -0.05) is 36.4 Å². The van der Waals surface area contributed by atoms with Crippen LogP contribution in [-0.2, 0) is 6.54 Å². The van der Waals surface area contributed by atoms with Gasteiger partial charge in [-0.3, -0.25) is 4.90 Å².